The summed E-state index contributed by atoms with van der Waals surface area (Å²) in [5.41, 5.74) is 3.72. The van der Waals surface area contributed by atoms with E-state index in [1.165, 1.54) is 0 Å². The van der Waals surface area contributed by atoms with Crippen LogP contribution < -0.4 is 5.32 Å². The highest BCUT2D eigenvalue weighted by Crippen LogP contribution is 2.33. The maximum Gasteiger partial charge on any atom is 0.251 e. The van der Waals surface area contributed by atoms with E-state index >= 15 is 0 Å². The van der Waals surface area contributed by atoms with Gasteiger partial charge in [0.1, 0.15) is 0 Å². The van der Waals surface area contributed by atoms with Crippen molar-refractivity contribution in [1.82, 2.24) is 20.0 Å². The van der Waals surface area contributed by atoms with Gasteiger partial charge in [0.2, 0.25) is 5.91 Å². The molecule has 0 spiro atoms. The Morgan fingerprint density at radius 1 is 1.31 bits per heavy atom. The molecule has 1 aliphatic heterocycles. The average Bonchev–Trinajstić information content (AvgIpc) is 3.07. The summed E-state index contributed by atoms with van der Waals surface area (Å²) in [5.74, 6) is 0.236. The molecule has 6 heteroatoms. The average molecular weight is 354 g/mol. The van der Waals surface area contributed by atoms with Gasteiger partial charge in [-0.25, -0.2) is 0 Å². The smallest absolute Gasteiger partial charge is 0.251 e. The van der Waals surface area contributed by atoms with E-state index in [1.54, 1.807) is 22.8 Å². The molecule has 0 radical (unpaired) electrons. The number of carbonyl (C=O) groups is 2. The lowest BCUT2D eigenvalue weighted by atomic mass is 9.99. The lowest BCUT2D eigenvalue weighted by Crippen LogP contribution is -2.39. The summed E-state index contributed by atoms with van der Waals surface area (Å²) in [4.78, 5) is 26.8. The first-order chi connectivity index (χ1) is 12.3. The standard InChI is InChI=1S/C20H26N4O2/c1-12(2)14-7-6-8-15(9-14)20(26)22-17-10-18(25)23(4)19(17)16-11-21-24(5)13(16)3/h6-9,11-12,17,19H,10H2,1-5H3,(H,22,26)/t17-,19+/m1/s1. The van der Waals surface area contributed by atoms with Crippen LogP contribution in [0.25, 0.3) is 0 Å². The van der Waals surface area contributed by atoms with E-state index in [4.69, 9.17) is 0 Å². The lowest BCUT2D eigenvalue weighted by molar-refractivity contribution is -0.127. The maximum atomic E-state index is 12.8. The molecule has 1 aromatic heterocycles. The fourth-order valence-electron chi connectivity index (χ4n) is 3.52. The first kappa shape index (κ1) is 18.2. The van der Waals surface area contributed by atoms with E-state index in [0.29, 0.717) is 17.9 Å². The summed E-state index contributed by atoms with van der Waals surface area (Å²) in [6, 6.07) is 7.19. The Morgan fingerprint density at radius 3 is 2.65 bits per heavy atom. The van der Waals surface area contributed by atoms with Crippen molar-refractivity contribution < 1.29 is 9.59 Å². The first-order valence-corrected chi connectivity index (χ1v) is 8.94. The Morgan fingerprint density at radius 2 is 2.04 bits per heavy atom. The number of nitrogens with zero attached hydrogens (tertiary/aromatic N) is 3. The van der Waals surface area contributed by atoms with E-state index in [2.05, 4.69) is 24.3 Å². The molecule has 3 rings (SSSR count). The van der Waals surface area contributed by atoms with Crippen molar-refractivity contribution in [3.05, 3.63) is 52.8 Å². The van der Waals surface area contributed by atoms with Gasteiger partial charge in [-0.2, -0.15) is 5.10 Å². The molecule has 1 fully saturated rings. The fourth-order valence-corrected chi connectivity index (χ4v) is 3.52. The second-order valence-corrected chi connectivity index (χ2v) is 7.32. The van der Waals surface area contributed by atoms with Gasteiger partial charge in [0, 0.05) is 37.3 Å². The minimum absolute atomic E-state index is 0.0273. The van der Waals surface area contributed by atoms with Gasteiger partial charge in [-0.3, -0.25) is 14.3 Å². The molecule has 2 aromatic rings. The maximum absolute atomic E-state index is 12.8. The molecule has 1 saturated heterocycles. The van der Waals surface area contributed by atoms with Crippen LogP contribution in [0, 0.1) is 6.92 Å². The number of likely N-dealkylation sites (tertiary alicyclic amines) is 1. The summed E-state index contributed by atoms with van der Waals surface area (Å²) in [5, 5.41) is 7.36. The number of amides is 2. The number of rotatable bonds is 4. The normalized spacial score (nSPS) is 20.1. The van der Waals surface area contributed by atoms with Crippen LogP contribution in [0.3, 0.4) is 0 Å². The van der Waals surface area contributed by atoms with Crippen molar-refractivity contribution in [1.29, 1.82) is 0 Å². The van der Waals surface area contributed by atoms with Crippen LogP contribution in [-0.4, -0.2) is 39.6 Å². The Kier molecular flexibility index (Phi) is 4.85. The molecule has 0 bridgehead atoms. The highest BCUT2D eigenvalue weighted by Gasteiger charge is 2.40. The minimum Gasteiger partial charge on any atom is -0.346 e. The van der Waals surface area contributed by atoms with E-state index in [0.717, 1.165) is 16.8 Å². The van der Waals surface area contributed by atoms with Crippen molar-refractivity contribution in [3.63, 3.8) is 0 Å². The van der Waals surface area contributed by atoms with E-state index in [9.17, 15) is 9.59 Å². The Hall–Kier alpha value is -2.63. The third kappa shape index (κ3) is 3.23. The minimum atomic E-state index is -0.273. The fraction of sp³-hybridized carbons (Fsp3) is 0.450. The summed E-state index contributed by atoms with van der Waals surface area (Å²) in [7, 11) is 3.66. The number of likely N-dealkylation sites (N-methyl/N-ethyl adjacent to an activating group) is 1. The highest BCUT2D eigenvalue weighted by molar-refractivity contribution is 5.95. The van der Waals surface area contributed by atoms with Crippen LogP contribution >= 0.6 is 0 Å². The zero-order valence-electron chi connectivity index (χ0n) is 16.0. The lowest BCUT2D eigenvalue weighted by Gasteiger charge is -2.25. The number of nitrogens with one attached hydrogen (secondary N) is 1. The van der Waals surface area contributed by atoms with Crippen LogP contribution in [0.4, 0.5) is 0 Å². The quantitative estimate of drug-likeness (QED) is 0.917. The summed E-state index contributed by atoms with van der Waals surface area (Å²) < 4.78 is 1.79. The predicted molar refractivity (Wildman–Crippen MR) is 99.9 cm³/mol. The summed E-state index contributed by atoms with van der Waals surface area (Å²) in [6.07, 6.45) is 2.08. The number of hydrogen-bond donors (Lipinski definition) is 1. The van der Waals surface area contributed by atoms with Crippen LogP contribution in [-0.2, 0) is 11.8 Å². The van der Waals surface area contributed by atoms with Crippen LogP contribution in [0.15, 0.2) is 30.5 Å². The zero-order valence-corrected chi connectivity index (χ0v) is 16.0. The number of hydrogen-bond acceptors (Lipinski definition) is 3. The van der Waals surface area contributed by atoms with Crippen molar-refractivity contribution in [2.75, 3.05) is 7.05 Å². The molecule has 0 saturated carbocycles. The van der Waals surface area contributed by atoms with E-state index in [-0.39, 0.29) is 23.9 Å². The highest BCUT2D eigenvalue weighted by atomic mass is 16.2. The van der Waals surface area contributed by atoms with Crippen LogP contribution in [0.1, 0.15) is 59.4 Å². The molecule has 2 heterocycles. The van der Waals surface area contributed by atoms with Gasteiger partial charge in [-0.05, 0) is 30.5 Å². The van der Waals surface area contributed by atoms with E-state index in [1.807, 2.05) is 38.2 Å². The largest absolute Gasteiger partial charge is 0.346 e. The molecule has 138 valence electrons. The first-order valence-electron chi connectivity index (χ1n) is 8.94. The molecule has 26 heavy (non-hydrogen) atoms. The SMILES string of the molecule is Cc1c([C@H]2[C@H](NC(=O)c3cccc(C(C)C)c3)CC(=O)N2C)cnn1C. The molecule has 1 aromatic carbocycles. The number of benzene rings is 1. The third-order valence-corrected chi connectivity index (χ3v) is 5.31. The van der Waals surface area contributed by atoms with Gasteiger partial charge in [0.25, 0.3) is 5.91 Å². The molecule has 2 amide bonds. The second kappa shape index (κ2) is 6.94. The number of aryl methyl sites for hydroxylation is 1. The number of carbonyl (C=O) groups excluding carboxylic acids is 2. The van der Waals surface area contributed by atoms with Crippen molar-refractivity contribution in [2.45, 2.75) is 45.2 Å². The Bertz CT molecular complexity index is 840. The van der Waals surface area contributed by atoms with Gasteiger partial charge in [0.15, 0.2) is 0 Å². The van der Waals surface area contributed by atoms with Crippen LogP contribution in [0.2, 0.25) is 0 Å². The topological polar surface area (TPSA) is 67.2 Å². The zero-order chi connectivity index (χ0) is 19.0. The molecule has 1 N–H and O–H groups in total. The van der Waals surface area contributed by atoms with Crippen molar-refractivity contribution in [3.8, 4) is 0 Å². The van der Waals surface area contributed by atoms with E-state index < -0.39 is 0 Å². The Balaban J connectivity index is 1.85. The summed E-state index contributed by atoms with van der Waals surface area (Å²) >= 11 is 0. The van der Waals surface area contributed by atoms with Crippen LogP contribution in [0.5, 0.6) is 0 Å². The third-order valence-electron chi connectivity index (χ3n) is 5.31. The van der Waals surface area contributed by atoms with Crippen molar-refractivity contribution >= 4 is 11.8 Å². The molecular weight excluding hydrogens is 328 g/mol. The molecule has 2 atom stereocenters. The molecule has 6 nitrogen and oxygen atoms in total. The second-order valence-electron chi connectivity index (χ2n) is 7.32. The van der Waals surface area contributed by atoms with Gasteiger partial charge < -0.3 is 10.2 Å². The molecule has 1 aliphatic rings. The van der Waals surface area contributed by atoms with Gasteiger partial charge in [-0.15, -0.1) is 0 Å². The van der Waals surface area contributed by atoms with Gasteiger partial charge >= 0.3 is 0 Å². The molecule has 0 aliphatic carbocycles. The van der Waals surface area contributed by atoms with Crippen molar-refractivity contribution in [2.24, 2.45) is 7.05 Å². The summed E-state index contributed by atoms with van der Waals surface area (Å²) in [6.45, 7) is 6.18. The number of aromatic nitrogens is 2. The van der Waals surface area contributed by atoms with Gasteiger partial charge in [0.05, 0.1) is 18.3 Å². The Labute approximate surface area is 154 Å². The monoisotopic (exact) mass is 354 g/mol. The molecule has 0 unspecified atom stereocenters. The predicted octanol–water partition coefficient (Wildman–Crippen LogP) is 2.55. The van der Waals surface area contributed by atoms with Gasteiger partial charge in [-0.1, -0.05) is 26.0 Å². The molecular formula is C20H26N4O2.